The molecule has 1 unspecified atom stereocenters. The Morgan fingerprint density at radius 1 is 1.28 bits per heavy atom. The lowest BCUT2D eigenvalue weighted by atomic mass is 9.99. The zero-order chi connectivity index (χ0) is 13.4. The van der Waals surface area contributed by atoms with Gasteiger partial charge in [-0.2, -0.15) is 0 Å². The fraction of sp³-hybridized carbons (Fsp3) is 0.571. The van der Waals surface area contributed by atoms with Crippen LogP contribution in [0.4, 0.5) is 0 Å². The van der Waals surface area contributed by atoms with Crippen LogP contribution in [0.3, 0.4) is 0 Å². The van der Waals surface area contributed by atoms with Crippen LogP contribution in [0.1, 0.15) is 31.7 Å². The molecule has 1 aromatic carbocycles. The van der Waals surface area contributed by atoms with Gasteiger partial charge in [0.15, 0.2) is 0 Å². The lowest BCUT2D eigenvalue weighted by molar-refractivity contribution is -0.0213. The van der Waals surface area contributed by atoms with Crippen LogP contribution in [-0.2, 0) is 5.72 Å². The van der Waals surface area contributed by atoms with Gasteiger partial charge in [0.2, 0.25) is 0 Å². The average Bonchev–Trinajstić information content (AvgIpc) is 2.39. The normalized spacial score (nSPS) is 14.4. The lowest BCUT2D eigenvalue weighted by Crippen LogP contribution is -2.43. The first-order chi connectivity index (χ1) is 8.66. The van der Waals surface area contributed by atoms with E-state index < -0.39 is 5.72 Å². The number of aliphatic hydroxyl groups is 2. The Bertz CT molecular complexity index is 342. The van der Waals surface area contributed by atoms with Crippen LogP contribution in [0.25, 0.3) is 0 Å². The Kier molecular flexibility index (Phi) is 6.71. The van der Waals surface area contributed by atoms with Crippen molar-refractivity contribution < 1.29 is 10.2 Å². The zero-order valence-electron chi connectivity index (χ0n) is 11.1. The first-order valence-electron chi connectivity index (χ1n) is 6.39. The molecule has 18 heavy (non-hydrogen) atoms. The second kappa shape index (κ2) is 7.79. The number of unbranched alkanes of at least 4 members (excludes halogenated alkanes) is 1. The number of nitrogens with one attached hydrogen (secondary N) is 1. The van der Waals surface area contributed by atoms with Crippen LogP contribution >= 0.6 is 11.8 Å². The van der Waals surface area contributed by atoms with Gasteiger partial charge in [0.05, 0.1) is 0 Å². The van der Waals surface area contributed by atoms with E-state index in [4.69, 9.17) is 5.11 Å². The second-order valence-electron chi connectivity index (χ2n) is 4.34. The van der Waals surface area contributed by atoms with E-state index in [9.17, 15) is 5.11 Å². The molecule has 0 radical (unpaired) electrons. The van der Waals surface area contributed by atoms with Crippen molar-refractivity contribution in [2.24, 2.45) is 0 Å². The van der Waals surface area contributed by atoms with Gasteiger partial charge in [-0.25, -0.2) is 0 Å². The van der Waals surface area contributed by atoms with Gasteiger partial charge in [0.1, 0.15) is 5.72 Å². The molecule has 0 aromatic heterocycles. The number of aliphatic hydroxyl groups excluding tert-OH is 1. The second-order valence-corrected chi connectivity index (χ2v) is 5.22. The molecule has 4 heteroatoms. The highest BCUT2D eigenvalue weighted by Crippen LogP contribution is 2.24. The van der Waals surface area contributed by atoms with Crippen molar-refractivity contribution in [1.29, 1.82) is 0 Å². The number of hydrogen-bond acceptors (Lipinski definition) is 4. The van der Waals surface area contributed by atoms with E-state index in [2.05, 4.69) is 12.2 Å². The molecular weight excluding hydrogens is 246 g/mol. The molecule has 0 aliphatic rings. The standard InChI is InChI=1S/C14H23NO2S/c1-3-4-10-15-14(17,9-11-16)12-5-7-13(18-2)8-6-12/h5-8,15-17H,3-4,9-11H2,1-2H3. The summed E-state index contributed by atoms with van der Waals surface area (Å²) >= 11 is 1.67. The summed E-state index contributed by atoms with van der Waals surface area (Å²) in [6.45, 7) is 2.82. The van der Waals surface area contributed by atoms with E-state index in [0.29, 0.717) is 6.42 Å². The number of hydrogen-bond donors (Lipinski definition) is 3. The summed E-state index contributed by atoms with van der Waals surface area (Å²) < 4.78 is 0. The summed E-state index contributed by atoms with van der Waals surface area (Å²) in [4.78, 5) is 1.17. The molecule has 0 aliphatic carbocycles. The minimum absolute atomic E-state index is 0.0418. The van der Waals surface area contributed by atoms with Crippen LogP contribution in [0.5, 0.6) is 0 Å². The molecule has 0 saturated heterocycles. The van der Waals surface area contributed by atoms with Gasteiger partial charge in [0, 0.05) is 17.9 Å². The molecular formula is C14H23NO2S. The van der Waals surface area contributed by atoms with Crippen molar-refractivity contribution in [3.63, 3.8) is 0 Å². The quantitative estimate of drug-likeness (QED) is 0.385. The highest BCUT2D eigenvalue weighted by atomic mass is 32.2. The van der Waals surface area contributed by atoms with Gasteiger partial charge >= 0.3 is 0 Å². The maximum Gasteiger partial charge on any atom is 0.144 e. The lowest BCUT2D eigenvalue weighted by Gasteiger charge is -2.29. The van der Waals surface area contributed by atoms with Crippen LogP contribution in [0.15, 0.2) is 29.2 Å². The third-order valence-electron chi connectivity index (χ3n) is 2.99. The van der Waals surface area contributed by atoms with E-state index in [1.165, 1.54) is 4.90 Å². The molecule has 1 atom stereocenters. The Morgan fingerprint density at radius 3 is 2.44 bits per heavy atom. The predicted molar refractivity (Wildman–Crippen MR) is 76.7 cm³/mol. The van der Waals surface area contributed by atoms with Gasteiger partial charge in [-0.1, -0.05) is 25.5 Å². The van der Waals surface area contributed by atoms with Crippen molar-refractivity contribution in [1.82, 2.24) is 5.32 Å². The van der Waals surface area contributed by atoms with E-state index >= 15 is 0 Å². The Labute approximate surface area is 114 Å². The monoisotopic (exact) mass is 269 g/mol. The largest absolute Gasteiger partial charge is 0.396 e. The SMILES string of the molecule is CCCCNC(O)(CCO)c1ccc(SC)cc1. The van der Waals surface area contributed by atoms with E-state index in [-0.39, 0.29) is 6.61 Å². The molecule has 3 N–H and O–H groups in total. The summed E-state index contributed by atoms with van der Waals surface area (Å²) in [7, 11) is 0. The number of rotatable bonds is 8. The summed E-state index contributed by atoms with van der Waals surface area (Å²) in [5, 5.41) is 22.9. The molecule has 0 saturated carbocycles. The Hall–Kier alpha value is -0.550. The smallest absolute Gasteiger partial charge is 0.144 e. The first kappa shape index (κ1) is 15.5. The van der Waals surface area contributed by atoms with Crippen LogP contribution < -0.4 is 5.32 Å². The molecule has 1 rings (SSSR count). The topological polar surface area (TPSA) is 52.5 Å². The maximum absolute atomic E-state index is 10.6. The molecule has 3 nitrogen and oxygen atoms in total. The van der Waals surface area contributed by atoms with Crippen molar-refractivity contribution in [2.45, 2.75) is 36.8 Å². The molecule has 1 aromatic rings. The van der Waals surface area contributed by atoms with E-state index in [0.717, 1.165) is 24.9 Å². The van der Waals surface area contributed by atoms with Crippen molar-refractivity contribution >= 4 is 11.8 Å². The molecule has 0 fully saturated rings. The zero-order valence-corrected chi connectivity index (χ0v) is 12.0. The number of benzene rings is 1. The molecule has 0 heterocycles. The minimum atomic E-state index is -1.12. The maximum atomic E-state index is 10.6. The average molecular weight is 269 g/mol. The number of thioether (sulfide) groups is 1. The van der Waals surface area contributed by atoms with Gasteiger partial charge in [-0.05, 0) is 36.9 Å². The van der Waals surface area contributed by atoms with Gasteiger partial charge in [-0.15, -0.1) is 11.8 Å². The molecule has 0 spiro atoms. The third kappa shape index (κ3) is 4.28. The van der Waals surface area contributed by atoms with Crippen molar-refractivity contribution in [3.05, 3.63) is 29.8 Å². The van der Waals surface area contributed by atoms with Crippen LogP contribution in [0.2, 0.25) is 0 Å². The predicted octanol–water partition coefficient (Wildman–Crippen LogP) is 2.33. The van der Waals surface area contributed by atoms with Gasteiger partial charge in [0.25, 0.3) is 0 Å². The van der Waals surface area contributed by atoms with Crippen molar-refractivity contribution in [2.75, 3.05) is 19.4 Å². The molecule has 0 amide bonds. The van der Waals surface area contributed by atoms with E-state index in [1.54, 1.807) is 11.8 Å². The fourth-order valence-electron chi connectivity index (χ4n) is 1.84. The summed E-state index contributed by atoms with van der Waals surface area (Å²) in [5.41, 5.74) is -0.314. The van der Waals surface area contributed by atoms with Crippen LogP contribution in [0, 0.1) is 0 Å². The summed E-state index contributed by atoms with van der Waals surface area (Å²) in [6, 6.07) is 7.81. The van der Waals surface area contributed by atoms with Gasteiger partial charge in [-0.3, -0.25) is 5.32 Å². The fourth-order valence-corrected chi connectivity index (χ4v) is 2.24. The van der Waals surface area contributed by atoms with E-state index in [1.807, 2.05) is 30.5 Å². The first-order valence-corrected chi connectivity index (χ1v) is 7.61. The summed E-state index contributed by atoms with van der Waals surface area (Å²) in [5.74, 6) is 0. The Balaban J connectivity index is 2.80. The van der Waals surface area contributed by atoms with Gasteiger partial charge < -0.3 is 10.2 Å². The molecule has 0 aliphatic heterocycles. The highest BCUT2D eigenvalue weighted by Gasteiger charge is 2.27. The molecule has 0 bridgehead atoms. The highest BCUT2D eigenvalue weighted by molar-refractivity contribution is 7.98. The Morgan fingerprint density at radius 2 is 1.94 bits per heavy atom. The molecule has 102 valence electrons. The summed E-state index contributed by atoms with van der Waals surface area (Å²) in [6.07, 6.45) is 4.41. The van der Waals surface area contributed by atoms with Crippen molar-refractivity contribution in [3.8, 4) is 0 Å². The third-order valence-corrected chi connectivity index (χ3v) is 3.73. The minimum Gasteiger partial charge on any atom is -0.396 e. The van der Waals surface area contributed by atoms with Crippen LogP contribution in [-0.4, -0.2) is 29.6 Å².